The molecule has 3 aromatic rings. The van der Waals surface area contributed by atoms with Crippen LogP contribution >= 0.6 is 0 Å². The van der Waals surface area contributed by atoms with E-state index in [-0.39, 0.29) is 6.03 Å². The minimum Gasteiger partial charge on any atom is -0.494 e. The zero-order chi connectivity index (χ0) is 23.2. The Balaban J connectivity index is 1.39. The number of methoxy groups -OCH3 is 1. The van der Waals surface area contributed by atoms with Gasteiger partial charge >= 0.3 is 6.03 Å². The molecule has 6 nitrogen and oxygen atoms in total. The number of ether oxygens (including phenoxy) is 2. The van der Waals surface area contributed by atoms with Crippen molar-refractivity contribution in [2.75, 3.05) is 38.4 Å². The summed E-state index contributed by atoms with van der Waals surface area (Å²) in [5.74, 6) is 2.88. The number of amides is 2. The lowest BCUT2D eigenvalue weighted by Gasteiger charge is -2.29. The van der Waals surface area contributed by atoms with Crippen LogP contribution in [0, 0.1) is 5.92 Å². The number of para-hydroxylation sites is 1. The van der Waals surface area contributed by atoms with Crippen molar-refractivity contribution in [2.24, 2.45) is 5.92 Å². The highest BCUT2D eigenvalue weighted by Gasteiger charge is 2.24. The van der Waals surface area contributed by atoms with Crippen LogP contribution in [0.4, 0.5) is 16.2 Å². The number of nitrogens with zero attached hydrogens (tertiary/aromatic N) is 1. The number of urea groups is 1. The quantitative estimate of drug-likeness (QED) is 0.483. The Morgan fingerprint density at radius 3 is 2.39 bits per heavy atom. The second kappa shape index (κ2) is 10.4. The number of hydrogen-bond acceptors (Lipinski definition) is 4. The number of carbonyl (C=O) groups excluding carboxylic acids is 1. The Bertz CT molecular complexity index is 1080. The summed E-state index contributed by atoms with van der Waals surface area (Å²) >= 11 is 0. The number of nitrogens with one attached hydrogen (secondary N) is 2. The van der Waals surface area contributed by atoms with Crippen LogP contribution in [0.5, 0.6) is 17.2 Å². The van der Waals surface area contributed by atoms with Crippen molar-refractivity contribution < 1.29 is 14.3 Å². The topological polar surface area (TPSA) is 62.8 Å². The van der Waals surface area contributed by atoms with Gasteiger partial charge in [0.15, 0.2) is 0 Å². The van der Waals surface area contributed by atoms with Crippen LogP contribution in [0.2, 0.25) is 0 Å². The summed E-state index contributed by atoms with van der Waals surface area (Å²) in [5, 5.41) is 5.82. The van der Waals surface area contributed by atoms with Crippen molar-refractivity contribution >= 4 is 17.4 Å². The molecule has 0 spiro atoms. The van der Waals surface area contributed by atoms with E-state index >= 15 is 0 Å². The van der Waals surface area contributed by atoms with Crippen molar-refractivity contribution in [3.05, 3.63) is 77.9 Å². The van der Waals surface area contributed by atoms with E-state index < -0.39 is 0 Å². The van der Waals surface area contributed by atoms with Crippen molar-refractivity contribution in [3.8, 4) is 17.2 Å². The minimum atomic E-state index is -0.314. The SMILES string of the molecule is COc1c(NC(=O)Nc2ccc(Oc3ccccc3)cc2)ccc2c1CCC(CN(C)C)C2. The molecule has 172 valence electrons. The summed E-state index contributed by atoms with van der Waals surface area (Å²) in [6, 6.07) is 20.6. The Morgan fingerprint density at radius 1 is 0.970 bits per heavy atom. The highest BCUT2D eigenvalue weighted by Crippen LogP contribution is 2.37. The molecule has 0 bridgehead atoms. The van der Waals surface area contributed by atoms with Crippen molar-refractivity contribution in [3.63, 3.8) is 0 Å². The van der Waals surface area contributed by atoms with E-state index in [4.69, 9.17) is 9.47 Å². The fraction of sp³-hybridized carbons (Fsp3) is 0.296. The van der Waals surface area contributed by atoms with E-state index in [1.807, 2.05) is 60.7 Å². The normalized spacial score (nSPS) is 15.0. The monoisotopic (exact) mass is 445 g/mol. The average Bonchev–Trinajstić information content (AvgIpc) is 2.80. The predicted molar refractivity (Wildman–Crippen MR) is 133 cm³/mol. The maximum atomic E-state index is 12.7. The van der Waals surface area contributed by atoms with Crippen LogP contribution in [-0.2, 0) is 12.8 Å². The maximum absolute atomic E-state index is 12.7. The highest BCUT2D eigenvalue weighted by molar-refractivity contribution is 6.01. The first-order valence-corrected chi connectivity index (χ1v) is 11.3. The van der Waals surface area contributed by atoms with Crippen LogP contribution in [-0.4, -0.2) is 38.7 Å². The second-order valence-electron chi connectivity index (χ2n) is 8.67. The number of anilines is 2. The average molecular weight is 446 g/mol. The largest absolute Gasteiger partial charge is 0.494 e. The fourth-order valence-electron chi connectivity index (χ4n) is 4.41. The maximum Gasteiger partial charge on any atom is 0.323 e. The molecule has 4 rings (SSSR count). The van der Waals surface area contributed by atoms with Crippen LogP contribution < -0.4 is 20.1 Å². The van der Waals surface area contributed by atoms with Gasteiger partial charge in [0.1, 0.15) is 17.2 Å². The van der Waals surface area contributed by atoms with E-state index in [1.165, 1.54) is 11.1 Å². The molecule has 0 aromatic heterocycles. The molecular formula is C27H31N3O3. The molecule has 0 aliphatic heterocycles. The van der Waals surface area contributed by atoms with E-state index in [1.54, 1.807) is 7.11 Å². The summed E-state index contributed by atoms with van der Waals surface area (Å²) < 4.78 is 11.5. The van der Waals surface area contributed by atoms with E-state index in [0.717, 1.165) is 37.3 Å². The second-order valence-corrected chi connectivity index (χ2v) is 8.67. The smallest absolute Gasteiger partial charge is 0.323 e. The third-order valence-electron chi connectivity index (χ3n) is 5.84. The molecule has 1 aliphatic carbocycles. The summed E-state index contributed by atoms with van der Waals surface area (Å²) in [7, 11) is 5.90. The minimum absolute atomic E-state index is 0.314. The third kappa shape index (κ3) is 5.84. The number of carbonyl (C=O) groups is 1. The third-order valence-corrected chi connectivity index (χ3v) is 5.84. The van der Waals surface area contributed by atoms with Gasteiger partial charge in [-0.15, -0.1) is 0 Å². The van der Waals surface area contributed by atoms with Crippen LogP contribution in [0.1, 0.15) is 17.5 Å². The van der Waals surface area contributed by atoms with Crippen molar-refractivity contribution in [1.82, 2.24) is 4.90 Å². The number of benzene rings is 3. The van der Waals surface area contributed by atoms with Gasteiger partial charge in [-0.1, -0.05) is 24.3 Å². The molecule has 2 amide bonds. The highest BCUT2D eigenvalue weighted by atomic mass is 16.5. The summed E-state index contributed by atoms with van der Waals surface area (Å²) in [6.07, 6.45) is 3.11. The molecule has 3 aromatic carbocycles. The van der Waals surface area contributed by atoms with Gasteiger partial charge in [-0.05, 0) is 92.9 Å². The summed E-state index contributed by atoms with van der Waals surface area (Å²) in [5.41, 5.74) is 3.87. The van der Waals surface area contributed by atoms with Gasteiger partial charge < -0.3 is 25.0 Å². The Labute approximate surface area is 195 Å². The molecule has 1 unspecified atom stereocenters. The van der Waals surface area contributed by atoms with Crippen LogP contribution in [0.25, 0.3) is 0 Å². The lowest BCUT2D eigenvalue weighted by Crippen LogP contribution is -2.27. The fourth-order valence-corrected chi connectivity index (χ4v) is 4.41. The molecule has 0 radical (unpaired) electrons. The first kappa shape index (κ1) is 22.7. The molecular weight excluding hydrogens is 414 g/mol. The van der Waals surface area contributed by atoms with E-state index in [9.17, 15) is 4.79 Å². The van der Waals surface area contributed by atoms with Gasteiger partial charge in [-0.2, -0.15) is 0 Å². The molecule has 0 saturated heterocycles. The lowest BCUT2D eigenvalue weighted by atomic mass is 9.83. The Hall–Kier alpha value is -3.51. The molecule has 0 saturated carbocycles. The molecule has 1 aliphatic rings. The zero-order valence-electron chi connectivity index (χ0n) is 19.4. The molecule has 2 N–H and O–H groups in total. The number of hydrogen-bond donors (Lipinski definition) is 2. The first-order chi connectivity index (χ1) is 16.0. The lowest BCUT2D eigenvalue weighted by molar-refractivity contribution is 0.262. The number of fused-ring (bicyclic) bond motifs is 1. The molecule has 33 heavy (non-hydrogen) atoms. The van der Waals surface area contributed by atoms with Crippen LogP contribution in [0.15, 0.2) is 66.7 Å². The number of rotatable bonds is 7. The summed E-state index contributed by atoms with van der Waals surface area (Å²) in [6.45, 7) is 1.08. The van der Waals surface area contributed by atoms with Gasteiger partial charge in [0.25, 0.3) is 0 Å². The van der Waals surface area contributed by atoms with Crippen molar-refractivity contribution in [1.29, 1.82) is 0 Å². The Morgan fingerprint density at radius 2 is 1.70 bits per heavy atom. The zero-order valence-corrected chi connectivity index (χ0v) is 19.4. The van der Waals surface area contributed by atoms with E-state index in [0.29, 0.717) is 23.0 Å². The van der Waals surface area contributed by atoms with Crippen LogP contribution in [0.3, 0.4) is 0 Å². The molecule has 0 heterocycles. The van der Waals surface area contributed by atoms with Gasteiger partial charge in [0.05, 0.1) is 12.8 Å². The van der Waals surface area contributed by atoms with Gasteiger partial charge in [0.2, 0.25) is 0 Å². The summed E-state index contributed by atoms with van der Waals surface area (Å²) in [4.78, 5) is 14.9. The Kier molecular flexibility index (Phi) is 7.15. The predicted octanol–water partition coefficient (Wildman–Crippen LogP) is 5.80. The van der Waals surface area contributed by atoms with E-state index in [2.05, 4.69) is 35.7 Å². The van der Waals surface area contributed by atoms with Crippen molar-refractivity contribution in [2.45, 2.75) is 19.3 Å². The molecule has 0 fully saturated rings. The first-order valence-electron chi connectivity index (χ1n) is 11.3. The van der Waals surface area contributed by atoms with Gasteiger partial charge in [-0.3, -0.25) is 0 Å². The van der Waals surface area contributed by atoms with Gasteiger partial charge in [-0.25, -0.2) is 4.79 Å². The standard InChI is InChI=1S/C27H31N3O3/c1-30(2)18-19-9-15-24-20(17-19)10-16-25(26(24)32-3)29-27(31)28-21-11-13-23(14-12-21)33-22-7-5-4-6-8-22/h4-8,10-14,16,19H,9,15,17-18H2,1-3H3,(H2,28,29,31). The molecule has 1 atom stereocenters. The molecule has 6 heteroatoms. The van der Waals surface area contributed by atoms with Gasteiger partial charge in [0, 0.05) is 12.2 Å².